The van der Waals surface area contributed by atoms with Crippen molar-refractivity contribution in [3.63, 3.8) is 0 Å². The van der Waals surface area contributed by atoms with Crippen molar-refractivity contribution in [2.75, 3.05) is 33.3 Å². The molecule has 8 heteroatoms. The van der Waals surface area contributed by atoms with Crippen molar-refractivity contribution >= 4 is 17.7 Å². The number of likely N-dealkylation sites (tertiary alicyclic amines) is 2. The summed E-state index contributed by atoms with van der Waals surface area (Å²) in [4.78, 5) is 43.0. The molecule has 0 spiro atoms. The van der Waals surface area contributed by atoms with Crippen LogP contribution in [0.25, 0.3) is 0 Å². The Hall–Kier alpha value is -3.42. The quantitative estimate of drug-likeness (QED) is 0.685. The molecule has 2 aliphatic rings. The number of hydrogen-bond acceptors (Lipinski definition) is 4. The first kappa shape index (κ1) is 24.7. The maximum atomic E-state index is 13.5. The molecular weight excluding hydrogens is 449 g/mol. The SMILES string of the molecule is COc1ccc(C(=O)NC(C(=O)N2CCCCC2)C2CCN(C(=O)c3ccc(F)cc3)CC2)cc1. The molecule has 1 N–H and O–H groups in total. The molecule has 0 aliphatic carbocycles. The average Bonchev–Trinajstić information content (AvgIpc) is 2.92. The van der Waals surface area contributed by atoms with Gasteiger partial charge in [-0.2, -0.15) is 0 Å². The number of carbonyl (C=O) groups is 3. The lowest BCUT2D eigenvalue weighted by Gasteiger charge is -2.38. The van der Waals surface area contributed by atoms with Gasteiger partial charge in [0, 0.05) is 37.3 Å². The molecule has 2 heterocycles. The molecule has 2 aromatic rings. The lowest BCUT2D eigenvalue weighted by atomic mass is 9.87. The summed E-state index contributed by atoms with van der Waals surface area (Å²) in [5, 5.41) is 3.00. The summed E-state index contributed by atoms with van der Waals surface area (Å²) >= 11 is 0. The van der Waals surface area contributed by atoms with Gasteiger partial charge in [0.25, 0.3) is 11.8 Å². The van der Waals surface area contributed by atoms with Crippen LogP contribution in [0.4, 0.5) is 4.39 Å². The van der Waals surface area contributed by atoms with Crippen LogP contribution in [-0.4, -0.2) is 66.9 Å². The van der Waals surface area contributed by atoms with Crippen LogP contribution in [0.1, 0.15) is 52.8 Å². The second kappa shape index (κ2) is 11.3. The number of hydrogen-bond donors (Lipinski definition) is 1. The van der Waals surface area contributed by atoms with Crippen LogP contribution >= 0.6 is 0 Å². The second-order valence-corrected chi connectivity index (χ2v) is 9.20. The van der Waals surface area contributed by atoms with Crippen molar-refractivity contribution in [3.8, 4) is 5.75 Å². The minimum Gasteiger partial charge on any atom is -0.497 e. The van der Waals surface area contributed by atoms with E-state index in [0.717, 1.165) is 19.3 Å². The Bertz CT molecular complexity index is 1030. The third-order valence-corrected chi connectivity index (χ3v) is 6.96. The number of carbonyl (C=O) groups excluding carboxylic acids is 3. The number of nitrogens with one attached hydrogen (secondary N) is 1. The molecule has 7 nitrogen and oxygen atoms in total. The number of piperidine rings is 2. The summed E-state index contributed by atoms with van der Waals surface area (Å²) in [5.74, 6) is -0.302. The van der Waals surface area contributed by atoms with Crippen molar-refractivity contribution in [3.05, 3.63) is 65.5 Å². The molecule has 1 atom stereocenters. The predicted molar refractivity (Wildman–Crippen MR) is 130 cm³/mol. The van der Waals surface area contributed by atoms with E-state index < -0.39 is 6.04 Å². The molecule has 2 aromatic carbocycles. The molecule has 2 aliphatic heterocycles. The monoisotopic (exact) mass is 481 g/mol. The fraction of sp³-hybridized carbons (Fsp3) is 0.444. The van der Waals surface area contributed by atoms with Gasteiger partial charge in [-0.1, -0.05) is 0 Å². The Balaban J connectivity index is 1.45. The average molecular weight is 482 g/mol. The minimum absolute atomic E-state index is 0.0464. The maximum absolute atomic E-state index is 13.5. The first-order chi connectivity index (χ1) is 17.0. The van der Waals surface area contributed by atoms with Gasteiger partial charge in [0.1, 0.15) is 17.6 Å². The van der Waals surface area contributed by atoms with Crippen LogP contribution in [0.5, 0.6) is 5.75 Å². The fourth-order valence-electron chi connectivity index (χ4n) is 4.87. The molecule has 0 radical (unpaired) electrons. The first-order valence-corrected chi connectivity index (χ1v) is 12.2. The summed E-state index contributed by atoms with van der Waals surface area (Å²) in [6.07, 6.45) is 4.24. The second-order valence-electron chi connectivity index (χ2n) is 9.20. The van der Waals surface area contributed by atoms with Crippen molar-refractivity contribution in [2.24, 2.45) is 5.92 Å². The highest BCUT2D eigenvalue weighted by Gasteiger charge is 2.36. The van der Waals surface area contributed by atoms with Crippen molar-refractivity contribution in [1.29, 1.82) is 0 Å². The molecule has 0 saturated carbocycles. The van der Waals surface area contributed by atoms with Gasteiger partial charge in [0.2, 0.25) is 5.91 Å². The number of methoxy groups -OCH3 is 1. The summed E-state index contributed by atoms with van der Waals surface area (Å²) in [6, 6.07) is 11.7. The molecule has 1 unspecified atom stereocenters. The highest BCUT2D eigenvalue weighted by atomic mass is 19.1. The van der Waals surface area contributed by atoms with Gasteiger partial charge in [-0.3, -0.25) is 14.4 Å². The van der Waals surface area contributed by atoms with Crippen LogP contribution in [0, 0.1) is 11.7 Å². The third-order valence-electron chi connectivity index (χ3n) is 6.96. The van der Waals surface area contributed by atoms with E-state index in [1.165, 1.54) is 24.3 Å². The number of nitrogens with zero attached hydrogens (tertiary/aromatic N) is 2. The van der Waals surface area contributed by atoms with Crippen LogP contribution in [0.15, 0.2) is 48.5 Å². The van der Waals surface area contributed by atoms with Crippen molar-refractivity contribution in [2.45, 2.75) is 38.1 Å². The summed E-state index contributed by atoms with van der Waals surface area (Å²) in [7, 11) is 1.57. The van der Waals surface area contributed by atoms with E-state index in [9.17, 15) is 18.8 Å². The number of rotatable bonds is 6. The predicted octanol–water partition coefficient (Wildman–Crippen LogP) is 3.50. The largest absolute Gasteiger partial charge is 0.497 e. The number of ether oxygens (including phenoxy) is 1. The van der Waals surface area contributed by atoms with E-state index in [4.69, 9.17) is 4.74 Å². The molecule has 4 rings (SSSR count). The standard InChI is InChI=1S/C27H32FN3O4/c1-35-23-11-7-20(8-12-23)25(32)29-24(27(34)30-15-3-2-4-16-30)19-13-17-31(18-14-19)26(33)21-5-9-22(28)10-6-21/h5-12,19,24H,2-4,13-18H2,1H3,(H,29,32). The van der Waals surface area contributed by atoms with E-state index >= 15 is 0 Å². The molecule has 3 amide bonds. The maximum Gasteiger partial charge on any atom is 0.253 e. The van der Waals surface area contributed by atoms with Gasteiger partial charge in [-0.05, 0) is 86.6 Å². The molecule has 0 bridgehead atoms. The third kappa shape index (κ3) is 5.99. The molecule has 2 fully saturated rings. The number of halogens is 1. The minimum atomic E-state index is -0.647. The topological polar surface area (TPSA) is 79.0 Å². The van der Waals surface area contributed by atoms with Gasteiger partial charge < -0.3 is 19.9 Å². The highest BCUT2D eigenvalue weighted by molar-refractivity contribution is 5.98. The van der Waals surface area contributed by atoms with E-state index in [-0.39, 0.29) is 29.5 Å². The normalized spacial score (nSPS) is 17.5. The lowest BCUT2D eigenvalue weighted by Crippen LogP contribution is -2.55. The Kier molecular flexibility index (Phi) is 8.00. The molecule has 35 heavy (non-hydrogen) atoms. The Labute approximate surface area is 205 Å². The Morgan fingerprint density at radius 3 is 2.06 bits per heavy atom. The van der Waals surface area contributed by atoms with E-state index in [1.54, 1.807) is 36.3 Å². The van der Waals surface area contributed by atoms with Gasteiger partial charge in [0.05, 0.1) is 7.11 Å². The summed E-state index contributed by atoms with van der Waals surface area (Å²) < 4.78 is 18.4. The van der Waals surface area contributed by atoms with E-state index in [2.05, 4.69) is 5.32 Å². The van der Waals surface area contributed by atoms with Crippen molar-refractivity contribution in [1.82, 2.24) is 15.1 Å². The van der Waals surface area contributed by atoms with Crippen LogP contribution in [0.3, 0.4) is 0 Å². The number of amides is 3. The Morgan fingerprint density at radius 1 is 0.857 bits per heavy atom. The molecule has 2 saturated heterocycles. The van der Waals surface area contributed by atoms with E-state index in [0.29, 0.717) is 55.9 Å². The zero-order valence-corrected chi connectivity index (χ0v) is 20.0. The number of benzene rings is 2. The van der Waals surface area contributed by atoms with Crippen LogP contribution < -0.4 is 10.1 Å². The van der Waals surface area contributed by atoms with Crippen molar-refractivity contribution < 1.29 is 23.5 Å². The summed E-state index contributed by atoms with van der Waals surface area (Å²) in [5.41, 5.74) is 0.907. The lowest BCUT2D eigenvalue weighted by molar-refractivity contribution is -0.136. The summed E-state index contributed by atoms with van der Waals surface area (Å²) in [6.45, 7) is 2.36. The highest BCUT2D eigenvalue weighted by Crippen LogP contribution is 2.25. The van der Waals surface area contributed by atoms with E-state index in [1.807, 2.05) is 4.90 Å². The molecule has 0 aromatic heterocycles. The van der Waals surface area contributed by atoms with Gasteiger partial charge in [-0.25, -0.2) is 4.39 Å². The molecular formula is C27H32FN3O4. The first-order valence-electron chi connectivity index (χ1n) is 12.2. The Morgan fingerprint density at radius 2 is 1.46 bits per heavy atom. The van der Waals surface area contributed by atoms with Gasteiger partial charge in [-0.15, -0.1) is 0 Å². The molecule has 186 valence electrons. The van der Waals surface area contributed by atoms with Gasteiger partial charge in [0.15, 0.2) is 0 Å². The smallest absolute Gasteiger partial charge is 0.253 e. The zero-order valence-electron chi connectivity index (χ0n) is 20.0. The van der Waals surface area contributed by atoms with Gasteiger partial charge >= 0.3 is 0 Å². The fourth-order valence-corrected chi connectivity index (χ4v) is 4.87. The van der Waals surface area contributed by atoms with Crippen LogP contribution in [-0.2, 0) is 4.79 Å². The van der Waals surface area contributed by atoms with Crippen LogP contribution in [0.2, 0.25) is 0 Å². The zero-order chi connectivity index (χ0) is 24.8.